The SMILES string of the molecule is CC1(C)OC(=C2C(=O)Nc3cc(F)ccc32)C=C1C(=O)N1CCN(CCO)CC1. The lowest BCUT2D eigenvalue weighted by molar-refractivity contribution is -0.130. The van der Waals surface area contributed by atoms with Crippen LogP contribution in [-0.2, 0) is 14.3 Å². The minimum atomic E-state index is -0.884. The first-order valence-corrected chi connectivity index (χ1v) is 9.69. The van der Waals surface area contributed by atoms with Crippen molar-refractivity contribution in [1.82, 2.24) is 9.80 Å². The average Bonchev–Trinajstić information content (AvgIpc) is 3.16. The molecule has 0 unspecified atom stereocenters. The van der Waals surface area contributed by atoms with Gasteiger partial charge in [-0.3, -0.25) is 14.5 Å². The van der Waals surface area contributed by atoms with Crippen molar-refractivity contribution in [2.24, 2.45) is 0 Å². The van der Waals surface area contributed by atoms with E-state index in [1.807, 2.05) is 0 Å². The van der Waals surface area contributed by atoms with Crippen LogP contribution in [0.3, 0.4) is 0 Å². The number of hydrogen-bond donors (Lipinski definition) is 2. The van der Waals surface area contributed by atoms with Crippen molar-refractivity contribution in [3.05, 3.63) is 47.0 Å². The molecule has 8 heteroatoms. The Kier molecular flexibility index (Phi) is 4.92. The highest BCUT2D eigenvalue weighted by Crippen LogP contribution is 2.41. The molecular weight excluding hydrogens is 377 g/mol. The van der Waals surface area contributed by atoms with Crippen LogP contribution in [0.15, 0.2) is 35.6 Å². The fraction of sp³-hybridized carbons (Fsp3) is 0.429. The van der Waals surface area contributed by atoms with Crippen molar-refractivity contribution in [3.8, 4) is 0 Å². The van der Waals surface area contributed by atoms with Crippen LogP contribution in [0.1, 0.15) is 19.4 Å². The van der Waals surface area contributed by atoms with E-state index in [0.717, 1.165) is 0 Å². The van der Waals surface area contributed by atoms with Gasteiger partial charge in [-0.1, -0.05) is 0 Å². The number of rotatable bonds is 3. The lowest BCUT2D eigenvalue weighted by Gasteiger charge is -2.35. The third kappa shape index (κ3) is 3.54. The van der Waals surface area contributed by atoms with Crippen LogP contribution in [0.2, 0.25) is 0 Å². The highest BCUT2D eigenvalue weighted by atomic mass is 19.1. The maximum atomic E-state index is 13.5. The van der Waals surface area contributed by atoms with E-state index in [0.29, 0.717) is 60.9 Å². The van der Waals surface area contributed by atoms with E-state index >= 15 is 0 Å². The Balaban J connectivity index is 1.62. The number of aliphatic hydroxyl groups excluding tert-OH is 1. The molecule has 0 bridgehead atoms. The normalized spacial score (nSPS) is 23.5. The van der Waals surface area contributed by atoms with Crippen molar-refractivity contribution in [3.63, 3.8) is 0 Å². The molecule has 0 radical (unpaired) electrons. The summed E-state index contributed by atoms with van der Waals surface area (Å²) in [6.45, 7) is 6.85. The van der Waals surface area contributed by atoms with Crippen LogP contribution >= 0.6 is 0 Å². The lowest BCUT2D eigenvalue weighted by Crippen LogP contribution is -2.50. The first-order valence-electron chi connectivity index (χ1n) is 9.69. The molecule has 7 nitrogen and oxygen atoms in total. The molecule has 3 aliphatic heterocycles. The summed E-state index contributed by atoms with van der Waals surface area (Å²) in [6.07, 6.45) is 1.63. The van der Waals surface area contributed by atoms with Gasteiger partial charge in [-0.05, 0) is 38.1 Å². The second-order valence-corrected chi connectivity index (χ2v) is 7.91. The van der Waals surface area contributed by atoms with Gasteiger partial charge < -0.3 is 20.1 Å². The first kappa shape index (κ1) is 19.6. The molecule has 3 aliphatic rings. The topological polar surface area (TPSA) is 82.1 Å². The Labute approximate surface area is 168 Å². The maximum Gasteiger partial charge on any atom is 0.260 e. The summed E-state index contributed by atoms with van der Waals surface area (Å²) >= 11 is 0. The van der Waals surface area contributed by atoms with Crippen molar-refractivity contribution < 1.29 is 23.8 Å². The van der Waals surface area contributed by atoms with E-state index in [1.165, 1.54) is 18.2 Å². The van der Waals surface area contributed by atoms with Crippen LogP contribution in [0.25, 0.3) is 5.57 Å². The molecule has 1 aromatic rings. The summed E-state index contributed by atoms with van der Waals surface area (Å²) in [5, 5.41) is 11.7. The fourth-order valence-corrected chi connectivity index (χ4v) is 3.98. The number of β-amino-alcohol motifs (C(OH)–C–C–N with tert-alkyl or cyclic N) is 1. The number of piperazine rings is 1. The Hall–Kier alpha value is -2.71. The number of anilines is 1. The molecule has 154 valence electrons. The van der Waals surface area contributed by atoms with Crippen LogP contribution in [0.5, 0.6) is 0 Å². The van der Waals surface area contributed by atoms with Crippen LogP contribution in [-0.4, -0.2) is 71.7 Å². The predicted molar refractivity (Wildman–Crippen MR) is 105 cm³/mol. The van der Waals surface area contributed by atoms with Crippen molar-refractivity contribution >= 4 is 23.1 Å². The van der Waals surface area contributed by atoms with Crippen LogP contribution in [0.4, 0.5) is 10.1 Å². The highest BCUT2D eigenvalue weighted by molar-refractivity contribution is 6.32. The largest absolute Gasteiger partial charge is 0.482 e. The van der Waals surface area contributed by atoms with Gasteiger partial charge in [-0.25, -0.2) is 4.39 Å². The molecule has 0 aromatic heterocycles. The van der Waals surface area contributed by atoms with Gasteiger partial charge in [0.25, 0.3) is 11.8 Å². The summed E-state index contributed by atoms with van der Waals surface area (Å²) in [6, 6.07) is 4.10. The predicted octanol–water partition coefficient (Wildman–Crippen LogP) is 1.36. The third-order valence-corrected chi connectivity index (χ3v) is 5.57. The van der Waals surface area contributed by atoms with Gasteiger partial charge in [0, 0.05) is 38.3 Å². The fourth-order valence-electron chi connectivity index (χ4n) is 3.98. The standard InChI is InChI=1S/C21H24FN3O4/c1-21(2)15(20(28)25-7-5-24(6-8-25)9-10-26)12-17(29-21)18-14-4-3-13(22)11-16(14)23-19(18)27/h3-4,11-12,26H,5-10H2,1-2H3,(H,23,27). The minimum Gasteiger partial charge on any atom is -0.482 e. The molecule has 0 spiro atoms. The van der Waals surface area contributed by atoms with Crippen LogP contribution < -0.4 is 5.32 Å². The smallest absolute Gasteiger partial charge is 0.260 e. The minimum absolute atomic E-state index is 0.102. The van der Waals surface area contributed by atoms with Gasteiger partial charge in [0.2, 0.25) is 0 Å². The average molecular weight is 401 g/mol. The Morgan fingerprint density at radius 3 is 2.69 bits per heavy atom. The van der Waals surface area contributed by atoms with Gasteiger partial charge >= 0.3 is 0 Å². The number of allylic oxidation sites excluding steroid dienone is 1. The maximum absolute atomic E-state index is 13.5. The number of aliphatic hydroxyl groups is 1. The Morgan fingerprint density at radius 1 is 1.28 bits per heavy atom. The second-order valence-electron chi connectivity index (χ2n) is 7.91. The van der Waals surface area contributed by atoms with E-state index < -0.39 is 11.4 Å². The van der Waals surface area contributed by atoms with E-state index in [2.05, 4.69) is 10.2 Å². The number of fused-ring (bicyclic) bond motifs is 1. The number of hydrogen-bond acceptors (Lipinski definition) is 5. The van der Waals surface area contributed by atoms with Crippen molar-refractivity contribution in [2.75, 3.05) is 44.6 Å². The van der Waals surface area contributed by atoms with Gasteiger partial charge in [-0.15, -0.1) is 0 Å². The molecule has 2 amide bonds. The van der Waals surface area contributed by atoms with Crippen molar-refractivity contribution in [1.29, 1.82) is 0 Å². The molecule has 3 heterocycles. The lowest BCUT2D eigenvalue weighted by atomic mass is 9.97. The third-order valence-electron chi connectivity index (χ3n) is 5.57. The summed E-state index contributed by atoms with van der Waals surface area (Å²) < 4.78 is 19.5. The Bertz CT molecular complexity index is 930. The number of benzene rings is 1. The molecule has 29 heavy (non-hydrogen) atoms. The van der Waals surface area contributed by atoms with Gasteiger partial charge in [0.05, 0.1) is 23.4 Å². The molecular formula is C21H24FN3O4. The number of nitrogens with one attached hydrogen (secondary N) is 1. The van der Waals surface area contributed by atoms with E-state index in [4.69, 9.17) is 9.84 Å². The quantitative estimate of drug-likeness (QED) is 0.748. The van der Waals surface area contributed by atoms with E-state index in [1.54, 1.807) is 24.8 Å². The number of nitrogens with zero attached hydrogens (tertiary/aromatic N) is 2. The van der Waals surface area contributed by atoms with Gasteiger partial charge in [0.1, 0.15) is 17.2 Å². The molecule has 4 rings (SSSR count). The molecule has 0 saturated carbocycles. The Morgan fingerprint density at radius 2 is 2.00 bits per heavy atom. The van der Waals surface area contributed by atoms with E-state index in [9.17, 15) is 14.0 Å². The van der Waals surface area contributed by atoms with Gasteiger partial charge in [0.15, 0.2) is 0 Å². The second kappa shape index (κ2) is 7.27. The molecule has 0 aliphatic carbocycles. The number of ether oxygens (including phenoxy) is 1. The monoisotopic (exact) mass is 401 g/mol. The summed E-state index contributed by atoms with van der Waals surface area (Å²) in [4.78, 5) is 29.5. The number of halogens is 1. The van der Waals surface area contributed by atoms with E-state index in [-0.39, 0.29) is 18.4 Å². The number of amides is 2. The summed E-state index contributed by atoms with van der Waals surface area (Å²) in [7, 11) is 0. The zero-order valence-electron chi connectivity index (χ0n) is 16.5. The van der Waals surface area contributed by atoms with Gasteiger partial charge in [-0.2, -0.15) is 0 Å². The highest BCUT2D eigenvalue weighted by Gasteiger charge is 2.42. The summed E-state index contributed by atoms with van der Waals surface area (Å²) in [5.41, 5.74) is 0.865. The first-order chi connectivity index (χ1) is 13.8. The molecule has 1 saturated heterocycles. The number of carbonyl (C=O) groups is 2. The molecule has 1 aromatic carbocycles. The van der Waals surface area contributed by atoms with Crippen molar-refractivity contribution in [2.45, 2.75) is 19.4 Å². The zero-order chi connectivity index (χ0) is 20.8. The number of carbonyl (C=O) groups excluding carboxylic acids is 2. The molecule has 2 N–H and O–H groups in total. The molecule has 1 fully saturated rings. The zero-order valence-corrected chi connectivity index (χ0v) is 16.5. The molecule has 0 atom stereocenters. The van der Waals surface area contributed by atoms with Crippen LogP contribution in [0, 0.1) is 5.82 Å². The summed E-state index contributed by atoms with van der Waals surface area (Å²) in [5.74, 6) is -0.610.